The second kappa shape index (κ2) is 8.91. The number of nitrogens with zero attached hydrogens (tertiary/aromatic N) is 4. The van der Waals surface area contributed by atoms with E-state index < -0.39 is 5.41 Å². The lowest BCUT2D eigenvalue weighted by Gasteiger charge is -2.37. The van der Waals surface area contributed by atoms with Gasteiger partial charge in [-0.2, -0.15) is 10.5 Å². The lowest BCUT2D eigenvalue weighted by molar-refractivity contribution is 0.745. The number of rotatable bonds is 4. The second-order valence-electron chi connectivity index (χ2n) is 7.45. The summed E-state index contributed by atoms with van der Waals surface area (Å²) in [4.78, 5) is 7.05. The molecule has 0 N–H and O–H groups in total. The Morgan fingerprint density at radius 1 is 0.485 bits per heavy atom. The van der Waals surface area contributed by atoms with Crippen molar-refractivity contribution in [1.29, 1.82) is 10.5 Å². The van der Waals surface area contributed by atoms with E-state index in [2.05, 4.69) is 21.8 Å². The van der Waals surface area contributed by atoms with Gasteiger partial charge in [0.05, 0.1) is 41.8 Å². The molecule has 0 unspecified atom stereocenters. The van der Waals surface area contributed by atoms with Crippen molar-refractivity contribution >= 4 is 11.4 Å². The van der Waals surface area contributed by atoms with E-state index in [4.69, 9.17) is 13.1 Å². The molecule has 0 saturated carbocycles. The van der Waals surface area contributed by atoms with E-state index in [-0.39, 0.29) is 0 Å². The topological polar surface area (TPSA) is 56.3 Å². The largest absolute Gasteiger partial charge is 0.238 e. The van der Waals surface area contributed by atoms with Crippen LogP contribution in [0.4, 0.5) is 11.4 Å². The van der Waals surface area contributed by atoms with Gasteiger partial charge in [-0.15, -0.1) is 0 Å². The fourth-order valence-electron chi connectivity index (χ4n) is 4.16. The van der Waals surface area contributed by atoms with E-state index >= 15 is 0 Å². The summed E-state index contributed by atoms with van der Waals surface area (Å²) < 4.78 is 0. The quantitative estimate of drug-likeness (QED) is 0.266. The van der Waals surface area contributed by atoms with Crippen molar-refractivity contribution in [2.24, 2.45) is 0 Å². The first-order chi connectivity index (χ1) is 16.1. The lowest BCUT2D eigenvalue weighted by atomic mass is 9.65. The molecule has 4 aromatic rings. The molecular formula is C29H16N4. The Hall–Kier alpha value is -5.16. The summed E-state index contributed by atoms with van der Waals surface area (Å²) in [6.07, 6.45) is 0. The van der Waals surface area contributed by atoms with Crippen LogP contribution in [0.15, 0.2) is 97.1 Å². The Labute approximate surface area is 192 Å². The van der Waals surface area contributed by atoms with E-state index in [1.54, 1.807) is 48.5 Å². The molecule has 0 radical (unpaired) electrons. The normalized spacial score (nSPS) is 10.3. The molecule has 4 rings (SSSR count). The van der Waals surface area contributed by atoms with Crippen LogP contribution < -0.4 is 0 Å². The van der Waals surface area contributed by atoms with Crippen molar-refractivity contribution in [3.05, 3.63) is 153 Å². The molecule has 0 aliphatic carbocycles. The summed E-state index contributed by atoms with van der Waals surface area (Å²) in [6.45, 7) is 14.7. The maximum absolute atomic E-state index is 9.32. The molecule has 152 valence electrons. The van der Waals surface area contributed by atoms with E-state index in [1.807, 2.05) is 48.5 Å². The number of benzene rings is 4. The third-order valence-corrected chi connectivity index (χ3v) is 5.75. The molecule has 0 saturated heterocycles. The zero-order chi connectivity index (χ0) is 23.3. The Kier molecular flexibility index (Phi) is 5.70. The highest BCUT2D eigenvalue weighted by atomic mass is 14.6. The zero-order valence-electron chi connectivity index (χ0n) is 17.5. The lowest BCUT2D eigenvalue weighted by Crippen LogP contribution is -2.31. The average Bonchev–Trinajstić information content (AvgIpc) is 2.90. The molecule has 0 heterocycles. The first kappa shape index (κ1) is 21.1. The van der Waals surface area contributed by atoms with Gasteiger partial charge in [-0.1, -0.05) is 72.8 Å². The Bertz CT molecular complexity index is 1220. The minimum atomic E-state index is -0.789. The Balaban J connectivity index is 2.11. The molecule has 0 aromatic heterocycles. The molecule has 0 bridgehead atoms. The first-order valence-electron chi connectivity index (χ1n) is 10.1. The van der Waals surface area contributed by atoms with Crippen molar-refractivity contribution in [3.63, 3.8) is 0 Å². The first-order valence-corrected chi connectivity index (χ1v) is 10.1. The van der Waals surface area contributed by atoms with Crippen LogP contribution in [0, 0.1) is 35.8 Å². The van der Waals surface area contributed by atoms with Crippen molar-refractivity contribution in [1.82, 2.24) is 0 Å². The Morgan fingerprint density at radius 3 is 1.00 bits per heavy atom. The summed E-state index contributed by atoms with van der Waals surface area (Å²) in [5.74, 6) is 0. The van der Waals surface area contributed by atoms with Crippen LogP contribution in [0.5, 0.6) is 0 Å². The molecule has 0 aliphatic rings. The van der Waals surface area contributed by atoms with Crippen LogP contribution in [0.3, 0.4) is 0 Å². The average molecular weight is 420 g/mol. The van der Waals surface area contributed by atoms with E-state index in [0.29, 0.717) is 22.5 Å². The minimum Gasteiger partial charge on any atom is -0.238 e. The standard InChI is InChI=1S/C29H16N4/c1-32-27-15-11-25(12-16-27)29(23-7-3-21(19-30)4-8-23,24-9-5-22(20-31)6-10-24)26-13-17-28(33-2)18-14-26/h3-18H. The molecule has 0 aliphatic heterocycles. The monoisotopic (exact) mass is 420 g/mol. The van der Waals surface area contributed by atoms with Crippen LogP contribution in [-0.2, 0) is 5.41 Å². The number of nitriles is 2. The van der Waals surface area contributed by atoms with Gasteiger partial charge in [-0.25, -0.2) is 9.69 Å². The van der Waals surface area contributed by atoms with Gasteiger partial charge in [-0.05, 0) is 46.5 Å². The molecular weight excluding hydrogens is 404 g/mol. The van der Waals surface area contributed by atoms with Gasteiger partial charge >= 0.3 is 0 Å². The van der Waals surface area contributed by atoms with Gasteiger partial charge in [-0.3, -0.25) is 0 Å². The van der Waals surface area contributed by atoms with Gasteiger partial charge in [0.1, 0.15) is 0 Å². The highest BCUT2D eigenvalue weighted by Gasteiger charge is 2.38. The molecule has 4 heteroatoms. The van der Waals surface area contributed by atoms with E-state index in [1.165, 1.54) is 0 Å². The van der Waals surface area contributed by atoms with Gasteiger partial charge in [0, 0.05) is 0 Å². The molecule has 0 spiro atoms. The van der Waals surface area contributed by atoms with E-state index in [9.17, 15) is 10.5 Å². The zero-order valence-corrected chi connectivity index (χ0v) is 17.5. The third kappa shape index (κ3) is 3.71. The highest BCUT2D eigenvalue weighted by Crippen LogP contribution is 2.46. The van der Waals surface area contributed by atoms with Crippen LogP contribution in [0.25, 0.3) is 9.69 Å². The molecule has 0 amide bonds. The molecule has 4 nitrogen and oxygen atoms in total. The fourth-order valence-corrected chi connectivity index (χ4v) is 4.16. The fraction of sp³-hybridized carbons (Fsp3) is 0.0345. The number of hydrogen-bond donors (Lipinski definition) is 0. The van der Waals surface area contributed by atoms with Crippen molar-refractivity contribution < 1.29 is 0 Å². The second-order valence-corrected chi connectivity index (χ2v) is 7.45. The predicted octanol–water partition coefficient (Wildman–Crippen LogP) is 6.91. The van der Waals surface area contributed by atoms with Gasteiger partial charge < -0.3 is 0 Å². The van der Waals surface area contributed by atoms with Gasteiger partial charge in [0.15, 0.2) is 11.4 Å². The molecule has 0 fully saturated rings. The maximum Gasteiger partial charge on any atom is 0.187 e. The summed E-state index contributed by atoms with van der Waals surface area (Å²) in [6, 6.07) is 34.1. The SMILES string of the molecule is [C-]#[N+]c1ccc(C(c2ccc(C#N)cc2)(c2ccc(C#N)cc2)c2ccc([N+]#[C-])cc2)cc1. The third-order valence-electron chi connectivity index (χ3n) is 5.75. The van der Waals surface area contributed by atoms with Gasteiger partial charge in [0.2, 0.25) is 0 Å². The van der Waals surface area contributed by atoms with Crippen LogP contribution in [0.2, 0.25) is 0 Å². The predicted molar refractivity (Wildman–Crippen MR) is 127 cm³/mol. The minimum absolute atomic E-state index is 0.538. The van der Waals surface area contributed by atoms with Crippen LogP contribution in [-0.4, -0.2) is 0 Å². The van der Waals surface area contributed by atoms with Crippen molar-refractivity contribution in [2.45, 2.75) is 5.41 Å². The van der Waals surface area contributed by atoms with Crippen molar-refractivity contribution in [3.8, 4) is 12.1 Å². The van der Waals surface area contributed by atoms with Crippen LogP contribution in [0.1, 0.15) is 33.4 Å². The summed E-state index contributed by atoms with van der Waals surface area (Å²) in [5, 5.41) is 18.6. The number of hydrogen-bond acceptors (Lipinski definition) is 2. The summed E-state index contributed by atoms with van der Waals surface area (Å²) in [5.41, 5.74) is 5.11. The van der Waals surface area contributed by atoms with Crippen LogP contribution >= 0.6 is 0 Å². The van der Waals surface area contributed by atoms with Gasteiger partial charge in [0.25, 0.3) is 0 Å². The molecule has 4 aromatic carbocycles. The van der Waals surface area contributed by atoms with Crippen molar-refractivity contribution in [2.75, 3.05) is 0 Å². The smallest absolute Gasteiger partial charge is 0.187 e. The summed E-state index contributed by atoms with van der Waals surface area (Å²) in [7, 11) is 0. The van der Waals surface area contributed by atoms with E-state index in [0.717, 1.165) is 22.3 Å². The Morgan fingerprint density at radius 2 is 0.758 bits per heavy atom. The summed E-state index contributed by atoms with van der Waals surface area (Å²) >= 11 is 0. The molecule has 33 heavy (non-hydrogen) atoms. The molecule has 0 atom stereocenters. The maximum atomic E-state index is 9.32. The highest BCUT2D eigenvalue weighted by molar-refractivity contribution is 5.63.